The molecule has 0 bridgehead atoms. The minimum absolute atomic E-state index is 0.0724. The summed E-state index contributed by atoms with van der Waals surface area (Å²) in [7, 11) is 0. The van der Waals surface area contributed by atoms with Crippen molar-refractivity contribution in [1.82, 2.24) is 5.32 Å². The molecule has 2 aromatic carbocycles. The molecule has 0 spiro atoms. The molecule has 0 aromatic heterocycles. The van der Waals surface area contributed by atoms with E-state index in [1.54, 1.807) is 37.3 Å². The van der Waals surface area contributed by atoms with E-state index < -0.39 is 12.1 Å². The molecule has 0 saturated heterocycles. The van der Waals surface area contributed by atoms with Crippen molar-refractivity contribution in [3.05, 3.63) is 70.5 Å². The zero-order valence-electron chi connectivity index (χ0n) is 12.6. The molecule has 1 atom stereocenters. The lowest BCUT2D eigenvalue weighted by molar-refractivity contribution is -0.123. The Kier molecular flexibility index (Phi) is 4.10. The number of benzene rings is 2. The molecule has 1 N–H and O–H groups in total. The first-order valence-electron chi connectivity index (χ1n) is 7.36. The number of esters is 1. The summed E-state index contributed by atoms with van der Waals surface area (Å²) in [5.74, 6) is -0.886. The van der Waals surface area contributed by atoms with Crippen LogP contribution in [0.5, 0.6) is 0 Å². The molecule has 5 heteroatoms. The highest BCUT2D eigenvalue weighted by Gasteiger charge is 2.31. The van der Waals surface area contributed by atoms with E-state index in [0.717, 1.165) is 11.1 Å². The molecule has 0 radical (unpaired) electrons. The fourth-order valence-corrected chi connectivity index (χ4v) is 2.63. The van der Waals surface area contributed by atoms with Crippen LogP contribution in [-0.4, -0.2) is 11.9 Å². The number of hydrogen-bond acceptors (Lipinski definition) is 3. The molecule has 1 heterocycles. The molecule has 0 fully saturated rings. The van der Waals surface area contributed by atoms with Crippen LogP contribution in [0.4, 0.5) is 4.39 Å². The van der Waals surface area contributed by atoms with Crippen LogP contribution in [0.25, 0.3) is 0 Å². The minimum atomic E-state index is -0.548. The number of rotatable bonds is 4. The van der Waals surface area contributed by atoms with Crippen molar-refractivity contribution in [2.75, 3.05) is 0 Å². The number of carbonyl (C=O) groups excluding carboxylic acids is 2. The van der Waals surface area contributed by atoms with Gasteiger partial charge in [-0.1, -0.05) is 30.3 Å². The molecule has 3 rings (SSSR count). The van der Waals surface area contributed by atoms with Crippen LogP contribution >= 0.6 is 0 Å². The predicted molar refractivity (Wildman–Crippen MR) is 82.2 cm³/mol. The highest BCUT2D eigenvalue weighted by molar-refractivity contribution is 5.94. The summed E-state index contributed by atoms with van der Waals surface area (Å²) >= 11 is 0. The third-order valence-electron chi connectivity index (χ3n) is 3.86. The molecule has 118 valence electrons. The van der Waals surface area contributed by atoms with E-state index in [4.69, 9.17) is 4.74 Å². The van der Waals surface area contributed by atoms with Gasteiger partial charge in [-0.25, -0.2) is 9.18 Å². The van der Waals surface area contributed by atoms with E-state index in [9.17, 15) is 14.0 Å². The Bertz CT molecular complexity index is 773. The van der Waals surface area contributed by atoms with Crippen LogP contribution in [0.2, 0.25) is 0 Å². The SMILES string of the molecule is Cc1cc(CNC(=O)C[C@H]2OC(=O)c3ccccc32)ccc1F. The normalized spacial score (nSPS) is 15.9. The van der Waals surface area contributed by atoms with Crippen LogP contribution in [0.1, 0.15) is 39.6 Å². The molecule has 1 aliphatic heterocycles. The van der Waals surface area contributed by atoms with Crippen LogP contribution in [0.3, 0.4) is 0 Å². The van der Waals surface area contributed by atoms with E-state index in [1.165, 1.54) is 6.07 Å². The molecule has 23 heavy (non-hydrogen) atoms. The van der Waals surface area contributed by atoms with Gasteiger partial charge in [-0.2, -0.15) is 0 Å². The molecular formula is C18H16FNO3. The van der Waals surface area contributed by atoms with Gasteiger partial charge in [0, 0.05) is 12.1 Å². The zero-order chi connectivity index (χ0) is 16.4. The third kappa shape index (κ3) is 3.23. The van der Waals surface area contributed by atoms with Crippen molar-refractivity contribution < 1.29 is 18.7 Å². The van der Waals surface area contributed by atoms with Crippen LogP contribution in [-0.2, 0) is 16.1 Å². The highest BCUT2D eigenvalue weighted by atomic mass is 19.1. The summed E-state index contributed by atoms with van der Waals surface area (Å²) in [6.07, 6.45) is -0.475. The number of cyclic esters (lactones) is 1. The lowest BCUT2D eigenvalue weighted by Crippen LogP contribution is -2.24. The molecular weight excluding hydrogens is 297 g/mol. The van der Waals surface area contributed by atoms with Gasteiger partial charge >= 0.3 is 5.97 Å². The summed E-state index contributed by atoms with van der Waals surface area (Å²) in [5.41, 5.74) is 2.61. The minimum Gasteiger partial charge on any atom is -0.453 e. The fourth-order valence-electron chi connectivity index (χ4n) is 2.63. The molecule has 0 unspecified atom stereocenters. The fraction of sp³-hybridized carbons (Fsp3) is 0.222. The van der Waals surface area contributed by atoms with E-state index in [0.29, 0.717) is 17.7 Å². The average Bonchev–Trinajstić information content (AvgIpc) is 2.85. The zero-order valence-corrected chi connectivity index (χ0v) is 12.6. The van der Waals surface area contributed by atoms with E-state index in [-0.39, 0.29) is 18.1 Å². The number of halogens is 1. The highest BCUT2D eigenvalue weighted by Crippen LogP contribution is 2.32. The van der Waals surface area contributed by atoms with Crippen molar-refractivity contribution in [2.45, 2.75) is 26.0 Å². The van der Waals surface area contributed by atoms with E-state index in [2.05, 4.69) is 5.32 Å². The third-order valence-corrected chi connectivity index (χ3v) is 3.86. The number of amides is 1. The number of nitrogens with one attached hydrogen (secondary N) is 1. The first-order chi connectivity index (χ1) is 11.0. The van der Waals surface area contributed by atoms with Crippen LogP contribution in [0, 0.1) is 12.7 Å². The standard InChI is InChI=1S/C18H16FNO3/c1-11-8-12(6-7-15(11)19)10-20-17(21)9-16-13-4-2-3-5-14(13)18(22)23-16/h2-8,16H,9-10H2,1H3,(H,20,21)/t16-/m1/s1. The van der Waals surface area contributed by atoms with Crippen LogP contribution < -0.4 is 5.32 Å². The number of ether oxygens (including phenoxy) is 1. The summed E-state index contributed by atoms with van der Waals surface area (Å²) in [4.78, 5) is 23.8. The van der Waals surface area contributed by atoms with Crippen molar-refractivity contribution in [3.8, 4) is 0 Å². The summed E-state index contributed by atoms with van der Waals surface area (Å²) in [5, 5.41) is 2.77. The number of aryl methyl sites for hydroxylation is 1. The number of hydrogen-bond donors (Lipinski definition) is 1. The molecule has 1 amide bonds. The molecule has 1 aliphatic rings. The summed E-state index contributed by atoms with van der Waals surface area (Å²) in [6.45, 7) is 1.98. The monoisotopic (exact) mass is 313 g/mol. The second kappa shape index (κ2) is 6.20. The lowest BCUT2D eigenvalue weighted by atomic mass is 10.0. The van der Waals surface area contributed by atoms with Gasteiger partial charge in [0.25, 0.3) is 0 Å². The van der Waals surface area contributed by atoms with E-state index in [1.807, 2.05) is 6.07 Å². The Balaban J connectivity index is 1.60. The second-order valence-electron chi connectivity index (χ2n) is 5.55. The Morgan fingerprint density at radius 3 is 2.83 bits per heavy atom. The van der Waals surface area contributed by atoms with Crippen molar-refractivity contribution in [2.24, 2.45) is 0 Å². The second-order valence-corrected chi connectivity index (χ2v) is 5.55. The van der Waals surface area contributed by atoms with Gasteiger partial charge in [0.2, 0.25) is 5.91 Å². The molecule has 4 nitrogen and oxygen atoms in total. The van der Waals surface area contributed by atoms with Crippen molar-refractivity contribution >= 4 is 11.9 Å². The van der Waals surface area contributed by atoms with Gasteiger partial charge in [-0.05, 0) is 30.2 Å². The number of fused-ring (bicyclic) bond motifs is 1. The Labute approximate surface area is 133 Å². The maximum absolute atomic E-state index is 13.2. The van der Waals surface area contributed by atoms with E-state index >= 15 is 0 Å². The van der Waals surface area contributed by atoms with Gasteiger partial charge < -0.3 is 10.1 Å². The molecule has 2 aromatic rings. The van der Waals surface area contributed by atoms with Gasteiger partial charge in [-0.3, -0.25) is 4.79 Å². The van der Waals surface area contributed by atoms with Gasteiger partial charge in [-0.15, -0.1) is 0 Å². The van der Waals surface area contributed by atoms with Crippen LogP contribution in [0.15, 0.2) is 42.5 Å². The van der Waals surface area contributed by atoms with Gasteiger partial charge in [0.05, 0.1) is 12.0 Å². The molecule has 0 saturated carbocycles. The van der Waals surface area contributed by atoms with Crippen molar-refractivity contribution in [3.63, 3.8) is 0 Å². The average molecular weight is 313 g/mol. The smallest absolute Gasteiger partial charge is 0.339 e. The maximum atomic E-state index is 13.2. The lowest BCUT2D eigenvalue weighted by Gasteiger charge is -2.11. The molecule has 0 aliphatic carbocycles. The van der Waals surface area contributed by atoms with Gasteiger partial charge in [0.15, 0.2) is 0 Å². The first-order valence-corrected chi connectivity index (χ1v) is 7.36. The predicted octanol–water partition coefficient (Wildman–Crippen LogP) is 3.05. The Morgan fingerprint density at radius 2 is 2.04 bits per heavy atom. The largest absolute Gasteiger partial charge is 0.453 e. The first kappa shape index (κ1) is 15.2. The summed E-state index contributed by atoms with van der Waals surface area (Å²) < 4.78 is 18.4. The topological polar surface area (TPSA) is 55.4 Å². The Hall–Kier alpha value is -2.69. The van der Waals surface area contributed by atoms with Crippen molar-refractivity contribution in [1.29, 1.82) is 0 Å². The summed E-state index contributed by atoms with van der Waals surface area (Å²) in [6, 6.07) is 11.8. The van der Waals surface area contributed by atoms with Gasteiger partial charge in [0.1, 0.15) is 11.9 Å². The quantitative estimate of drug-likeness (QED) is 0.883. The Morgan fingerprint density at radius 1 is 1.26 bits per heavy atom. The maximum Gasteiger partial charge on any atom is 0.339 e. The number of carbonyl (C=O) groups is 2.